The first-order valence-corrected chi connectivity index (χ1v) is 8.47. The van der Waals surface area contributed by atoms with Gasteiger partial charge < -0.3 is 10.2 Å². The van der Waals surface area contributed by atoms with E-state index in [1.165, 1.54) is 6.26 Å². The fourth-order valence-corrected chi connectivity index (χ4v) is 2.84. The number of likely N-dealkylation sites (N-methyl/N-ethyl adjacent to an activating group) is 2. The second-order valence-electron chi connectivity index (χ2n) is 4.77. The first-order chi connectivity index (χ1) is 7.85. The standard InChI is InChI=1S/C12H28N2O2S/c1-6-8-11(13-3)12(7-2)14(4)9-10-17(5,15)16/h11-13H,6-10H2,1-5H3. The molecule has 4 nitrogen and oxygen atoms in total. The molecule has 2 atom stereocenters. The molecule has 1 N–H and O–H groups in total. The first-order valence-electron chi connectivity index (χ1n) is 6.40. The summed E-state index contributed by atoms with van der Waals surface area (Å²) in [6.45, 7) is 4.94. The van der Waals surface area contributed by atoms with Crippen LogP contribution in [0.3, 0.4) is 0 Å². The highest BCUT2D eigenvalue weighted by atomic mass is 32.2. The third-order valence-electron chi connectivity index (χ3n) is 3.23. The van der Waals surface area contributed by atoms with E-state index in [9.17, 15) is 8.42 Å². The first kappa shape index (κ1) is 16.9. The lowest BCUT2D eigenvalue weighted by molar-refractivity contribution is 0.193. The summed E-state index contributed by atoms with van der Waals surface area (Å²) in [5.74, 6) is 0.239. The number of nitrogens with zero attached hydrogens (tertiary/aromatic N) is 1. The lowest BCUT2D eigenvalue weighted by atomic mass is 10.00. The molecule has 0 radical (unpaired) electrons. The van der Waals surface area contributed by atoms with Crippen LogP contribution in [0.1, 0.15) is 33.1 Å². The third-order valence-corrected chi connectivity index (χ3v) is 4.16. The van der Waals surface area contributed by atoms with Gasteiger partial charge in [0.1, 0.15) is 9.84 Å². The fourth-order valence-electron chi connectivity index (χ4n) is 2.22. The van der Waals surface area contributed by atoms with Crippen LogP contribution in [0.2, 0.25) is 0 Å². The average Bonchev–Trinajstić information content (AvgIpc) is 2.25. The quantitative estimate of drug-likeness (QED) is 0.678. The van der Waals surface area contributed by atoms with Crippen molar-refractivity contribution >= 4 is 9.84 Å². The van der Waals surface area contributed by atoms with Gasteiger partial charge >= 0.3 is 0 Å². The summed E-state index contributed by atoms with van der Waals surface area (Å²) in [5, 5.41) is 3.34. The Morgan fingerprint density at radius 2 is 1.88 bits per heavy atom. The molecule has 0 saturated heterocycles. The Balaban J connectivity index is 4.42. The van der Waals surface area contributed by atoms with Crippen LogP contribution >= 0.6 is 0 Å². The highest BCUT2D eigenvalue weighted by Gasteiger charge is 2.22. The monoisotopic (exact) mass is 264 g/mol. The average molecular weight is 264 g/mol. The second kappa shape index (κ2) is 8.06. The minimum Gasteiger partial charge on any atom is -0.315 e. The van der Waals surface area contributed by atoms with Gasteiger partial charge in [-0.2, -0.15) is 0 Å². The number of sulfone groups is 1. The van der Waals surface area contributed by atoms with Crippen molar-refractivity contribution in [3.05, 3.63) is 0 Å². The molecule has 2 unspecified atom stereocenters. The Morgan fingerprint density at radius 1 is 1.29 bits per heavy atom. The van der Waals surface area contributed by atoms with Gasteiger partial charge in [0.05, 0.1) is 5.75 Å². The van der Waals surface area contributed by atoms with Gasteiger partial charge in [-0.15, -0.1) is 0 Å². The lowest BCUT2D eigenvalue weighted by Crippen LogP contribution is -2.48. The smallest absolute Gasteiger partial charge is 0.148 e. The van der Waals surface area contributed by atoms with Crippen molar-refractivity contribution in [3.8, 4) is 0 Å². The summed E-state index contributed by atoms with van der Waals surface area (Å²) in [4.78, 5) is 2.16. The minimum absolute atomic E-state index is 0.239. The maximum atomic E-state index is 11.2. The summed E-state index contributed by atoms with van der Waals surface area (Å²) < 4.78 is 22.3. The molecule has 0 aliphatic heterocycles. The molecule has 0 aromatic carbocycles. The minimum atomic E-state index is -2.87. The molecule has 17 heavy (non-hydrogen) atoms. The van der Waals surface area contributed by atoms with Crippen molar-refractivity contribution in [2.75, 3.05) is 32.6 Å². The van der Waals surface area contributed by atoms with Crippen LogP contribution in [0.25, 0.3) is 0 Å². The number of hydrogen-bond donors (Lipinski definition) is 1. The molecule has 104 valence electrons. The van der Waals surface area contributed by atoms with Crippen LogP contribution in [0, 0.1) is 0 Å². The van der Waals surface area contributed by atoms with E-state index in [-0.39, 0.29) is 5.75 Å². The topological polar surface area (TPSA) is 49.4 Å². The molecule has 0 aromatic rings. The Labute approximate surface area is 107 Å². The predicted octanol–water partition coefficient (Wildman–Crippen LogP) is 1.13. The Bertz CT molecular complexity index is 291. The largest absolute Gasteiger partial charge is 0.315 e. The molecular formula is C12H28N2O2S. The Morgan fingerprint density at radius 3 is 2.24 bits per heavy atom. The summed E-state index contributed by atoms with van der Waals surface area (Å²) >= 11 is 0. The molecule has 0 bridgehead atoms. The van der Waals surface area contributed by atoms with Crippen LogP contribution in [0.4, 0.5) is 0 Å². The maximum Gasteiger partial charge on any atom is 0.148 e. The molecule has 0 aromatic heterocycles. The summed E-state index contributed by atoms with van der Waals surface area (Å²) in [6.07, 6.45) is 4.59. The van der Waals surface area contributed by atoms with Gasteiger partial charge in [-0.1, -0.05) is 20.3 Å². The van der Waals surface area contributed by atoms with Crippen molar-refractivity contribution in [3.63, 3.8) is 0 Å². The van der Waals surface area contributed by atoms with Gasteiger partial charge in [0.25, 0.3) is 0 Å². The molecule has 0 aliphatic carbocycles. The molecule has 0 aliphatic rings. The zero-order chi connectivity index (χ0) is 13.5. The van der Waals surface area contributed by atoms with E-state index in [1.54, 1.807) is 0 Å². The van der Waals surface area contributed by atoms with Gasteiger partial charge in [0, 0.05) is 24.9 Å². The fraction of sp³-hybridized carbons (Fsp3) is 1.00. The molecule has 0 rings (SSSR count). The predicted molar refractivity (Wildman–Crippen MR) is 74.2 cm³/mol. The number of nitrogens with one attached hydrogen (secondary N) is 1. The van der Waals surface area contributed by atoms with E-state index in [0.29, 0.717) is 18.6 Å². The van der Waals surface area contributed by atoms with Gasteiger partial charge in [-0.3, -0.25) is 0 Å². The Kier molecular flexibility index (Phi) is 8.00. The van der Waals surface area contributed by atoms with Gasteiger partial charge in [0.2, 0.25) is 0 Å². The van der Waals surface area contributed by atoms with Crippen molar-refractivity contribution in [2.45, 2.75) is 45.2 Å². The van der Waals surface area contributed by atoms with E-state index < -0.39 is 9.84 Å². The summed E-state index contributed by atoms with van der Waals surface area (Å²) in [5.41, 5.74) is 0. The van der Waals surface area contributed by atoms with Crippen LogP contribution in [0.5, 0.6) is 0 Å². The zero-order valence-electron chi connectivity index (χ0n) is 11.9. The van der Waals surface area contributed by atoms with Crippen molar-refractivity contribution < 1.29 is 8.42 Å². The van der Waals surface area contributed by atoms with Gasteiger partial charge in [-0.05, 0) is 26.9 Å². The van der Waals surface area contributed by atoms with E-state index >= 15 is 0 Å². The van der Waals surface area contributed by atoms with E-state index in [2.05, 4.69) is 24.1 Å². The summed E-state index contributed by atoms with van der Waals surface area (Å²) in [6, 6.07) is 0.844. The van der Waals surface area contributed by atoms with Crippen molar-refractivity contribution in [2.24, 2.45) is 0 Å². The number of hydrogen-bond acceptors (Lipinski definition) is 4. The maximum absolute atomic E-state index is 11.2. The molecule has 0 spiro atoms. The molecule has 0 fully saturated rings. The van der Waals surface area contributed by atoms with Gasteiger partial charge in [0.15, 0.2) is 0 Å². The van der Waals surface area contributed by atoms with E-state index in [4.69, 9.17) is 0 Å². The lowest BCUT2D eigenvalue weighted by Gasteiger charge is -2.33. The molecule has 0 saturated carbocycles. The van der Waals surface area contributed by atoms with E-state index in [1.807, 2.05) is 14.1 Å². The van der Waals surface area contributed by atoms with Gasteiger partial charge in [-0.25, -0.2) is 8.42 Å². The molecule has 5 heteroatoms. The van der Waals surface area contributed by atoms with Crippen LogP contribution in [0.15, 0.2) is 0 Å². The molecule has 0 heterocycles. The van der Waals surface area contributed by atoms with E-state index in [0.717, 1.165) is 19.3 Å². The summed E-state index contributed by atoms with van der Waals surface area (Å²) in [7, 11) is 1.13. The van der Waals surface area contributed by atoms with Crippen molar-refractivity contribution in [1.82, 2.24) is 10.2 Å². The normalized spacial score (nSPS) is 16.1. The highest BCUT2D eigenvalue weighted by Crippen LogP contribution is 2.12. The molecule has 0 amide bonds. The third kappa shape index (κ3) is 7.01. The van der Waals surface area contributed by atoms with Crippen LogP contribution in [-0.2, 0) is 9.84 Å². The number of rotatable bonds is 9. The van der Waals surface area contributed by atoms with Crippen LogP contribution in [-0.4, -0.2) is 58.1 Å². The van der Waals surface area contributed by atoms with Crippen LogP contribution < -0.4 is 5.32 Å². The zero-order valence-corrected chi connectivity index (χ0v) is 12.7. The SMILES string of the molecule is CCCC(NC)C(CC)N(C)CCS(C)(=O)=O. The van der Waals surface area contributed by atoms with Crippen molar-refractivity contribution in [1.29, 1.82) is 0 Å². The second-order valence-corrected chi connectivity index (χ2v) is 7.03. The Hall–Kier alpha value is -0.130. The highest BCUT2D eigenvalue weighted by molar-refractivity contribution is 7.90. The molecular weight excluding hydrogens is 236 g/mol.